The number of likely N-dealkylation sites (N-methyl/N-ethyl adjacent to an activating group) is 1. The van der Waals surface area contributed by atoms with Gasteiger partial charge in [0.25, 0.3) is 0 Å². The molecule has 21 heavy (non-hydrogen) atoms. The van der Waals surface area contributed by atoms with E-state index in [1.807, 2.05) is 32.8 Å². The number of carboxylic acid groups (broad SMARTS) is 1. The molecular formula is C15H23N3O3. The Morgan fingerprint density at radius 1 is 1.24 bits per heavy atom. The maximum atomic E-state index is 11.9. The van der Waals surface area contributed by atoms with E-state index in [1.54, 1.807) is 30.3 Å². The molecule has 0 saturated heterocycles. The second kappa shape index (κ2) is 7.08. The van der Waals surface area contributed by atoms with Gasteiger partial charge >= 0.3 is 12.0 Å². The third-order valence-corrected chi connectivity index (χ3v) is 3.55. The third kappa shape index (κ3) is 5.07. The number of urea groups is 1. The zero-order valence-electron chi connectivity index (χ0n) is 12.9. The number of nitrogens with zero attached hydrogens (tertiary/aromatic N) is 1. The summed E-state index contributed by atoms with van der Waals surface area (Å²) >= 11 is 0. The van der Waals surface area contributed by atoms with Crippen molar-refractivity contribution in [2.45, 2.75) is 25.4 Å². The van der Waals surface area contributed by atoms with Crippen molar-refractivity contribution in [2.24, 2.45) is 0 Å². The van der Waals surface area contributed by atoms with Crippen molar-refractivity contribution in [1.29, 1.82) is 0 Å². The van der Waals surface area contributed by atoms with Crippen LogP contribution in [0.4, 0.5) is 4.79 Å². The van der Waals surface area contributed by atoms with Crippen LogP contribution in [0.25, 0.3) is 0 Å². The molecule has 1 rings (SSSR count). The molecule has 2 amide bonds. The number of nitrogens with one attached hydrogen (secondary N) is 2. The molecule has 0 fully saturated rings. The minimum Gasteiger partial charge on any atom is -0.479 e. The summed E-state index contributed by atoms with van der Waals surface area (Å²) in [6, 6.07) is 7.04. The molecule has 0 aliphatic rings. The Morgan fingerprint density at radius 3 is 2.29 bits per heavy atom. The topological polar surface area (TPSA) is 81.7 Å². The van der Waals surface area contributed by atoms with Gasteiger partial charge in [0.05, 0.1) is 0 Å². The molecule has 0 aliphatic carbocycles. The van der Waals surface area contributed by atoms with Crippen LogP contribution in [-0.2, 0) is 4.79 Å². The van der Waals surface area contributed by atoms with Crippen LogP contribution in [0.1, 0.15) is 25.5 Å². The molecule has 0 heterocycles. The predicted molar refractivity (Wildman–Crippen MR) is 81.1 cm³/mol. The number of carboxylic acids is 1. The number of benzene rings is 1. The fraction of sp³-hybridized carbons (Fsp3) is 0.467. The molecule has 116 valence electrons. The quantitative estimate of drug-likeness (QED) is 0.741. The fourth-order valence-electron chi connectivity index (χ4n) is 1.57. The van der Waals surface area contributed by atoms with E-state index < -0.39 is 18.0 Å². The first-order chi connectivity index (χ1) is 9.74. The van der Waals surface area contributed by atoms with Crippen LogP contribution in [0.2, 0.25) is 0 Å². The molecule has 0 radical (unpaired) electrons. The Morgan fingerprint density at radius 2 is 1.81 bits per heavy atom. The Labute approximate surface area is 125 Å². The first kappa shape index (κ1) is 17.0. The lowest BCUT2D eigenvalue weighted by atomic mass is 10.0. The van der Waals surface area contributed by atoms with E-state index in [0.717, 1.165) is 0 Å². The Balaban J connectivity index is 2.65. The third-order valence-electron chi connectivity index (χ3n) is 3.55. The van der Waals surface area contributed by atoms with Crippen LogP contribution in [0.3, 0.4) is 0 Å². The van der Waals surface area contributed by atoms with Crippen LogP contribution < -0.4 is 10.6 Å². The highest BCUT2D eigenvalue weighted by Crippen LogP contribution is 2.13. The fourth-order valence-corrected chi connectivity index (χ4v) is 1.57. The van der Waals surface area contributed by atoms with Crippen molar-refractivity contribution >= 4 is 12.0 Å². The zero-order chi connectivity index (χ0) is 16.0. The number of rotatable bonds is 6. The molecule has 0 saturated carbocycles. The van der Waals surface area contributed by atoms with Crippen molar-refractivity contribution in [3.63, 3.8) is 0 Å². The smallest absolute Gasteiger partial charge is 0.330 e. The van der Waals surface area contributed by atoms with Gasteiger partial charge < -0.3 is 20.6 Å². The normalized spacial score (nSPS) is 12.8. The van der Waals surface area contributed by atoms with E-state index in [-0.39, 0.29) is 5.54 Å². The summed E-state index contributed by atoms with van der Waals surface area (Å²) in [4.78, 5) is 25.2. The Hall–Kier alpha value is -2.08. The molecule has 0 aliphatic heterocycles. The first-order valence-electron chi connectivity index (χ1n) is 6.73. The van der Waals surface area contributed by atoms with Crippen LogP contribution in [0.15, 0.2) is 30.3 Å². The number of hydrogen-bond acceptors (Lipinski definition) is 3. The van der Waals surface area contributed by atoms with Crippen molar-refractivity contribution < 1.29 is 14.7 Å². The van der Waals surface area contributed by atoms with Crippen LogP contribution in [0.5, 0.6) is 0 Å². The van der Waals surface area contributed by atoms with Crippen LogP contribution in [0, 0.1) is 0 Å². The summed E-state index contributed by atoms with van der Waals surface area (Å²) < 4.78 is 0. The summed E-state index contributed by atoms with van der Waals surface area (Å²) in [7, 11) is 3.84. The summed E-state index contributed by atoms with van der Waals surface area (Å²) in [5.41, 5.74) is 0.315. The van der Waals surface area contributed by atoms with Gasteiger partial charge in [0, 0.05) is 12.1 Å². The van der Waals surface area contributed by atoms with E-state index in [9.17, 15) is 14.7 Å². The summed E-state index contributed by atoms with van der Waals surface area (Å²) in [5, 5.41) is 14.4. The van der Waals surface area contributed by atoms with Gasteiger partial charge in [0.1, 0.15) is 0 Å². The zero-order valence-corrected chi connectivity index (χ0v) is 12.9. The van der Waals surface area contributed by atoms with E-state index in [4.69, 9.17) is 0 Å². The average Bonchev–Trinajstić information content (AvgIpc) is 2.43. The van der Waals surface area contributed by atoms with E-state index in [2.05, 4.69) is 10.6 Å². The lowest BCUT2D eigenvalue weighted by Crippen LogP contribution is -2.51. The highest BCUT2D eigenvalue weighted by Gasteiger charge is 2.24. The van der Waals surface area contributed by atoms with Gasteiger partial charge in [-0.2, -0.15) is 0 Å². The van der Waals surface area contributed by atoms with Crippen molar-refractivity contribution in [2.75, 3.05) is 20.6 Å². The largest absolute Gasteiger partial charge is 0.479 e. The SMILES string of the molecule is CN(C)C(C)(C)CNC(=O)N[C@@H](C(=O)O)c1ccccc1. The monoisotopic (exact) mass is 293 g/mol. The molecule has 3 N–H and O–H groups in total. The van der Waals surface area contributed by atoms with Gasteiger partial charge in [-0.1, -0.05) is 30.3 Å². The minimum atomic E-state index is -1.09. The summed E-state index contributed by atoms with van der Waals surface area (Å²) in [6.07, 6.45) is 0. The second-order valence-electron chi connectivity index (χ2n) is 5.72. The van der Waals surface area contributed by atoms with Gasteiger partial charge in [-0.05, 0) is 33.5 Å². The standard InChI is InChI=1S/C15H23N3O3/c1-15(2,18(3)4)10-16-14(21)17-12(13(19)20)11-8-6-5-7-9-11/h5-9,12H,10H2,1-4H3,(H,19,20)(H2,16,17,21)/t12-/m1/s1. The van der Waals surface area contributed by atoms with Gasteiger partial charge in [0.15, 0.2) is 6.04 Å². The van der Waals surface area contributed by atoms with Gasteiger partial charge in [-0.15, -0.1) is 0 Å². The number of amides is 2. The van der Waals surface area contributed by atoms with E-state index >= 15 is 0 Å². The summed E-state index contributed by atoms with van der Waals surface area (Å²) in [5.74, 6) is -1.09. The van der Waals surface area contributed by atoms with Crippen LogP contribution in [-0.4, -0.2) is 48.2 Å². The lowest BCUT2D eigenvalue weighted by molar-refractivity contribution is -0.139. The molecule has 0 aromatic heterocycles. The number of hydrogen-bond donors (Lipinski definition) is 3. The Kier molecular flexibility index (Phi) is 5.72. The number of carbonyl (C=O) groups is 2. The lowest BCUT2D eigenvalue weighted by Gasteiger charge is -2.32. The number of aliphatic carboxylic acids is 1. The molecular weight excluding hydrogens is 270 g/mol. The first-order valence-corrected chi connectivity index (χ1v) is 6.73. The second-order valence-corrected chi connectivity index (χ2v) is 5.72. The van der Waals surface area contributed by atoms with Crippen molar-refractivity contribution in [3.8, 4) is 0 Å². The molecule has 6 nitrogen and oxygen atoms in total. The van der Waals surface area contributed by atoms with E-state index in [0.29, 0.717) is 12.1 Å². The maximum Gasteiger partial charge on any atom is 0.330 e. The van der Waals surface area contributed by atoms with Gasteiger partial charge in [-0.25, -0.2) is 9.59 Å². The van der Waals surface area contributed by atoms with Gasteiger partial charge in [-0.3, -0.25) is 0 Å². The Bertz CT molecular complexity index is 486. The van der Waals surface area contributed by atoms with E-state index in [1.165, 1.54) is 0 Å². The summed E-state index contributed by atoms with van der Waals surface area (Å²) in [6.45, 7) is 4.38. The van der Waals surface area contributed by atoms with Crippen LogP contribution >= 0.6 is 0 Å². The number of carbonyl (C=O) groups excluding carboxylic acids is 1. The van der Waals surface area contributed by atoms with Crippen molar-refractivity contribution in [1.82, 2.24) is 15.5 Å². The molecule has 1 aromatic rings. The highest BCUT2D eigenvalue weighted by molar-refractivity contribution is 5.83. The van der Waals surface area contributed by atoms with Crippen molar-refractivity contribution in [3.05, 3.63) is 35.9 Å². The molecule has 0 bridgehead atoms. The molecule has 1 atom stereocenters. The average molecular weight is 293 g/mol. The molecule has 0 unspecified atom stereocenters. The predicted octanol–water partition coefficient (Wildman–Crippen LogP) is 1.45. The highest BCUT2D eigenvalue weighted by atomic mass is 16.4. The molecule has 1 aromatic carbocycles. The maximum absolute atomic E-state index is 11.9. The minimum absolute atomic E-state index is 0.219. The molecule has 6 heteroatoms. The molecule has 0 spiro atoms. The van der Waals surface area contributed by atoms with Gasteiger partial charge in [0.2, 0.25) is 0 Å².